The average Bonchev–Trinajstić information content (AvgIpc) is 3.13. The van der Waals surface area contributed by atoms with Crippen LogP contribution in [-0.4, -0.2) is 37.7 Å². The van der Waals surface area contributed by atoms with Crippen LogP contribution in [0.25, 0.3) is 6.08 Å². The number of methoxy groups -OCH3 is 1. The fourth-order valence-electron chi connectivity index (χ4n) is 3.03. The van der Waals surface area contributed by atoms with Crippen LogP contribution in [0.4, 0.5) is 0 Å². The van der Waals surface area contributed by atoms with Crippen molar-refractivity contribution in [2.75, 3.05) is 13.7 Å². The van der Waals surface area contributed by atoms with Crippen molar-refractivity contribution in [1.29, 1.82) is 0 Å². The summed E-state index contributed by atoms with van der Waals surface area (Å²) >= 11 is 0. The topological polar surface area (TPSA) is 88.1 Å². The largest absolute Gasteiger partial charge is 0.494 e. The molecule has 0 aliphatic carbocycles. The second-order valence-electron chi connectivity index (χ2n) is 7.17. The quantitative estimate of drug-likeness (QED) is 0.253. The van der Waals surface area contributed by atoms with Gasteiger partial charge in [0.05, 0.1) is 19.3 Å². The first kappa shape index (κ1) is 22.8. The second kappa shape index (κ2) is 10.9. The summed E-state index contributed by atoms with van der Waals surface area (Å²) in [6.45, 7) is 4.14. The Bertz CT molecular complexity index is 988. The summed E-state index contributed by atoms with van der Waals surface area (Å²) in [4.78, 5) is 34.8. The number of rotatable bonds is 9. The first-order valence-electron chi connectivity index (χ1n) is 10.1. The fraction of sp³-hybridized carbons (Fsp3) is 0.240. The molecule has 32 heavy (non-hydrogen) atoms. The highest BCUT2D eigenvalue weighted by Crippen LogP contribution is 2.22. The molecule has 0 spiro atoms. The number of hydrogen-bond acceptors (Lipinski definition) is 7. The molecule has 1 saturated heterocycles. The Balaban J connectivity index is 1.43. The highest BCUT2D eigenvalue weighted by molar-refractivity contribution is 5.91. The minimum absolute atomic E-state index is 0.117. The van der Waals surface area contributed by atoms with Crippen molar-refractivity contribution in [3.63, 3.8) is 0 Å². The van der Waals surface area contributed by atoms with E-state index in [-0.39, 0.29) is 12.1 Å². The number of benzene rings is 2. The summed E-state index contributed by atoms with van der Waals surface area (Å²) < 4.78 is 20.8. The molecule has 0 aromatic heterocycles. The van der Waals surface area contributed by atoms with Crippen molar-refractivity contribution in [1.82, 2.24) is 0 Å². The molecule has 0 amide bonds. The van der Waals surface area contributed by atoms with E-state index < -0.39 is 11.9 Å². The third kappa shape index (κ3) is 6.57. The Labute approximate surface area is 186 Å². The van der Waals surface area contributed by atoms with Gasteiger partial charge in [0.15, 0.2) is 0 Å². The molecule has 7 heteroatoms. The molecule has 1 fully saturated rings. The molecule has 2 aromatic rings. The number of ether oxygens (including phenoxy) is 4. The fourth-order valence-corrected chi connectivity index (χ4v) is 3.03. The molecule has 1 aliphatic rings. The minimum Gasteiger partial charge on any atom is -0.494 e. The lowest BCUT2D eigenvalue weighted by Gasteiger charge is -2.10. The van der Waals surface area contributed by atoms with E-state index in [9.17, 15) is 14.4 Å². The predicted octanol–water partition coefficient (Wildman–Crippen LogP) is 4.12. The van der Waals surface area contributed by atoms with E-state index in [2.05, 4.69) is 11.3 Å². The van der Waals surface area contributed by atoms with Crippen LogP contribution in [0.15, 0.2) is 66.8 Å². The van der Waals surface area contributed by atoms with Gasteiger partial charge in [0, 0.05) is 18.1 Å². The molecule has 3 rings (SSSR count). The summed E-state index contributed by atoms with van der Waals surface area (Å²) in [5, 5.41) is 0. The monoisotopic (exact) mass is 436 g/mol. The van der Waals surface area contributed by atoms with Crippen LogP contribution in [0.2, 0.25) is 0 Å². The van der Waals surface area contributed by atoms with Crippen molar-refractivity contribution in [2.24, 2.45) is 0 Å². The molecule has 1 unspecified atom stereocenters. The van der Waals surface area contributed by atoms with Crippen LogP contribution in [-0.2, 0) is 19.1 Å². The minimum atomic E-state index is -0.488. The maximum Gasteiger partial charge on any atom is 0.343 e. The van der Waals surface area contributed by atoms with Gasteiger partial charge < -0.3 is 18.9 Å². The lowest BCUT2D eigenvalue weighted by Crippen LogP contribution is -2.09. The van der Waals surface area contributed by atoms with E-state index in [1.807, 2.05) is 0 Å². The summed E-state index contributed by atoms with van der Waals surface area (Å²) in [6, 6.07) is 13.4. The highest BCUT2D eigenvalue weighted by Gasteiger charge is 2.26. The van der Waals surface area contributed by atoms with Gasteiger partial charge in [-0.1, -0.05) is 18.7 Å². The van der Waals surface area contributed by atoms with Gasteiger partial charge in [0.25, 0.3) is 0 Å². The smallest absolute Gasteiger partial charge is 0.343 e. The Hall–Kier alpha value is -3.87. The SMILES string of the molecule is C=C1CC(CCCOc2ccc(C(=O)Oc3ccc(/C=C/C(=O)OC)cc3)cc2)OC1=O. The van der Waals surface area contributed by atoms with Gasteiger partial charge in [-0.15, -0.1) is 0 Å². The molecule has 0 saturated carbocycles. The lowest BCUT2D eigenvalue weighted by molar-refractivity contribution is -0.139. The molecule has 166 valence electrons. The van der Waals surface area contributed by atoms with Crippen LogP contribution in [0.3, 0.4) is 0 Å². The van der Waals surface area contributed by atoms with Gasteiger partial charge in [-0.3, -0.25) is 0 Å². The van der Waals surface area contributed by atoms with Gasteiger partial charge in [-0.2, -0.15) is 0 Å². The molecular formula is C25H24O7. The number of hydrogen-bond donors (Lipinski definition) is 0. The zero-order chi connectivity index (χ0) is 22.9. The summed E-state index contributed by atoms with van der Waals surface area (Å²) in [7, 11) is 1.31. The molecule has 1 heterocycles. The Morgan fingerprint density at radius 2 is 1.78 bits per heavy atom. The summed E-state index contributed by atoms with van der Waals surface area (Å²) in [5.41, 5.74) is 1.68. The molecule has 1 aliphatic heterocycles. The van der Waals surface area contributed by atoms with E-state index in [0.717, 1.165) is 12.0 Å². The third-order valence-electron chi connectivity index (χ3n) is 4.77. The van der Waals surface area contributed by atoms with Gasteiger partial charge in [-0.05, 0) is 60.9 Å². The van der Waals surface area contributed by atoms with Gasteiger partial charge in [-0.25, -0.2) is 14.4 Å². The van der Waals surface area contributed by atoms with Crippen molar-refractivity contribution < 1.29 is 33.3 Å². The van der Waals surface area contributed by atoms with E-state index in [0.29, 0.717) is 42.1 Å². The maximum atomic E-state index is 12.3. The molecule has 0 radical (unpaired) electrons. The highest BCUT2D eigenvalue weighted by atomic mass is 16.6. The number of carbonyl (C=O) groups excluding carboxylic acids is 3. The third-order valence-corrected chi connectivity index (χ3v) is 4.77. The normalized spacial score (nSPS) is 15.5. The van der Waals surface area contributed by atoms with Gasteiger partial charge in [0.2, 0.25) is 0 Å². The zero-order valence-electron chi connectivity index (χ0n) is 17.7. The van der Waals surface area contributed by atoms with Crippen LogP contribution in [0, 0.1) is 0 Å². The maximum absolute atomic E-state index is 12.3. The molecule has 1 atom stereocenters. The van der Waals surface area contributed by atoms with Crippen LogP contribution in [0.5, 0.6) is 11.5 Å². The average molecular weight is 436 g/mol. The molecular weight excluding hydrogens is 412 g/mol. The zero-order valence-corrected chi connectivity index (χ0v) is 17.7. The Morgan fingerprint density at radius 1 is 1.09 bits per heavy atom. The summed E-state index contributed by atoms with van der Waals surface area (Å²) in [5.74, 6) is -0.224. The van der Waals surface area contributed by atoms with Crippen molar-refractivity contribution in [3.05, 3.63) is 77.9 Å². The number of carbonyl (C=O) groups is 3. The predicted molar refractivity (Wildman–Crippen MR) is 117 cm³/mol. The van der Waals surface area contributed by atoms with Crippen LogP contribution in [0.1, 0.15) is 35.2 Å². The van der Waals surface area contributed by atoms with E-state index in [1.54, 1.807) is 54.6 Å². The molecule has 7 nitrogen and oxygen atoms in total. The molecule has 0 bridgehead atoms. The van der Waals surface area contributed by atoms with Gasteiger partial charge >= 0.3 is 17.9 Å². The number of esters is 3. The first-order chi connectivity index (χ1) is 15.4. The van der Waals surface area contributed by atoms with E-state index >= 15 is 0 Å². The molecule has 0 N–H and O–H groups in total. The van der Waals surface area contributed by atoms with E-state index in [4.69, 9.17) is 14.2 Å². The standard InChI is InChI=1S/C25H24O7/c1-17-16-22(32-24(17)27)4-3-15-30-20-12-8-19(9-13-20)25(28)31-21-10-5-18(6-11-21)7-14-23(26)29-2/h5-14,22H,1,3-4,15-16H2,2H3/b14-7+. The van der Waals surface area contributed by atoms with Crippen molar-refractivity contribution >= 4 is 24.0 Å². The number of cyclic esters (lactones) is 1. The lowest BCUT2D eigenvalue weighted by atomic mass is 10.1. The van der Waals surface area contributed by atoms with Crippen LogP contribution < -0.4 is 9.47 Å². The van der Waals surface area contributed by atoms with Gasteiger partial charge in [0.1, 0.15) is 17.6 Å². The van der Waals surface area contributed by atoms with Crippen molar-refractivity contribution in [3.8, 4) is 11.5 Å². The first-order valence-corrected chi connectivity index (χ1v) is 10.1. The van der Waals surface area contributed by atoms with Crippen molar-refractivity contribution in [2.45, 2.75) is 25.4 Å². The molecule has 2 aromatic carbocycles. The van der Waals surface area contributed by atoms with Crippen LogP contribution >= 0.6 is 0 Å². The Morgan fingerprint density at radius 3 is 2.41 bits per heavy atom. The van der Waals surface area contributed by atoms with E-state index in [1.165, 1.54) is 13.2 Å². The summed E-state index contributed by atoms with van der Waals surface area (Å²) in [6.07, 6.45) is 4.82. The Kier molecular flexibility index (Phi) is 7.80. The second-order valence-corrected chi connectivity index (χ2v) is 7.17.